The minimum atomic E-state index is -1.49. The van der Waals surface area contributed by atoms with E-state index in [0.717, 1.165) is 54.3 Å². The van der Waals surface area contributed by atoms with E-state index in [1.54, 1.807) is 0 Å². The quantitative estimate of drug-likeness (QED) is 0.190. The molecular formula is C28H38BrFN2O3. The molecule has 35 heavy (non-hydrogen) atoms. The molecule has 0 aliphatic heterocycles. The highest BCUT2D eigenvalue weighted by Gasteiger charge is 2.27. The van der Waals surface area contributed by atoms with Crippen LogP contribution < -0.4 is 4.74 Å². The highest BCUT2D eigenvalue weighted by molar-refractivity contribution is 9.10. The van der Waals surface area contributed by atoms with Crippen LogP contribution in [0.5, 0.6) is 5.75 Å². The van der Waals surface area contributed by atoms with E-state index in [9.17, 15) is 9.18 Å². The molecule has 7 heteroatoms. The second-order valence-corrected chi connectivity index (χ2v) is 10.4. The van der Waals surface area contributed by atoms with Crippen molar-refractivity contribution in [3.05, 3.63) is 40.6 Å². The van der Waals surface area contributed by atoms with Gasteiger partial charge in [-0.25, -0.2) is 19.2 Å². The maximum Gasteiger partial charge on any atom is 0.340 e. The fraction of sp³-hybridized carbons (Fsp3) is 0.607. The summed E-state index contributed by atoms with van der Waals surface area (Å²) in [7, 11) is 0. The SMILES string of the molecule is CCCCCc1cnc(-c2ccc(OCC3CCC(OC(=O)[C@@H](F)CCCC)CC3)c(Br)c2)nc1. The summed E-state index contributed by atoms with van der Waals surface area (Å²) in [5, 5.41) is 0. The van der Waals surface area contributed by atoms with Gasteiger partial charge in [-0.05, 0) is 90.6 Å². The number of halogens is 2. The fourth-order valence-corrected chi connectivity index (χ4v) is 4.83. The lowest BCUT2D eigenvalue weighted by atomic mass is 9.88. The fourth-order valence-electron chi connectivity index (χ4n) is 4.33. The van der Waals surface area contributed by atoms with E-state index in [1.807, 2.05) is 37.5 Å². The van der Waals surface area contributed by atoms with Crippen molar-refractivity contribution in [2.24, 2.45) is 5.92 Å². The molecule has 1 atom stereocenters. The molecule has 0 unspecified atom stereocenters. The van der Waals surface area contributed by atoms with Gasteiger partial charge in [0.2, 0.25) is 0 Å². The molecule has 1 aliphatic rings. The Morgan fingerprint density at radius 1 is 1.09 bits per heavy atom. The first-order chi connectivity index (χ1) is 17.0. The van der Waals surface area contributed by atoms with E-state index >= 15 is 0 Å². The Balaban J connectivity index is 1.43. The van der Waals surface area contributed by atoms with E-state index in [1.165, 1.54) is 24.8 Å². The molecule has 192 valence electrons. The first-order valence-corrected chi connectivity index (χ1v) is 13.9. The van der Waals surface area contributed by atoms with Crippen LogP contribution in [0.2, 0.25) is 0 Å². The average Bonchev–Trinajstić information content (AvgIpc) is 2.88. The van der Waals surface area contributed by atoms with Crippen molar-refractivity contribution in [3.8, 4) is 17.1 Å². The normalized spacial score (nSPS) is 18.7. The van der Waals surface area contributed by atoms with Gasteiger partial charge in [0.1, 0.15) is 11.9 Å². The molecule has 1 fully saturated rings. The Labute approximate surface area is 217 Å². The number of aryl methyl sites for hydroxylation is 1. The smallest absolute Gasteiger partial charge is 0.340 e. The molecule has 5 nitrogen and oxygen atoms in total. The summed E-state index contributed by atoms with van der Waals surface area (Å²) in [6.07, 6.45) is 11.9. The molecule has 1 saturated carbocycles. The highest BCUT2D eigenvalue weighted by Crippen LogP contribution is 2.32. The lowest BCUT2D eigenvalue weighted by Crippen LogP contribution is -2.30. The number of ether oxygens (including phenoxy) is 2. The van der Waals surface area contributed by atoms with Gasteiger partial charge in [0.05, 0.1) is 11.1 Å². The number of hydrogen-bond donors (Lipinski definition) is 0. The van der Waals surface area contributed by atoms with Crippen molar-refractivity contribution in [2.45, 2.75) is 96.8 Å². The highest BCUT2D eigenvalue weighted by atomic mass is 79.9. The average molecular weight is 550 g/mol. The summed E-state index contributed by atoms with van der Waals surface area (Å²) in [6, 6.07) is 5.92. The molecule has 2 aromatic rings. The number of benzene rings is 1. The van der Waals surface area contributed by atoms with Crippen LogP contribution in [0.25, 0.3) is 11.4 Å². The van der Waals surface area contributed by atoms with Crippen LogP contribution in [0, 0.1) is 5.92 Å². The van der Waals surface area contributed by atoms with Crippen molar-refractivity contribution >= 4 is 21.9 Å². The predicted octanol–water partition coefficient (Wildman–Crippen LogP) is 7.65. The lowest BCUT2D eigenvalue weighted by Gasteiger charge is -2.28. The number of rotatable bonds is 13. The summed E-state index contributed by atoms with van der Waals surface area (Å²) >= 11 is 3.62. The Morgan fingerprint density at radius 2 is 1.80 bits per heavy atom. The second-order valence-electron chi connectivity index (χ2n) is 9.52. The molecule has 0 radical (unpaired) electrons. The van der Waals surface area contributed by atoms with Crippen molar-refractivity contribution < 1.29 is 18.7 Å². The van der Waals surface area contributed by atoms with E-state index in [0.29, 0.717) is 24.8 Å². The number of unbranched alkanes of at least 4 members (excludes halogenated alkanes) is 3. The third-order valence-corrected chi connectivity index (χ3v) is 7.20. The number of alkyl halides is 1. The van der Waals surface area contributed by atoms with Crippen LogP contribution in [-0.4, -0.2) is 34.8 Å². The summed E-state index contributed by atoms with van der Waals surface area (Å²) in [6.45, 7) is 4.79. The van der Waals surface area contributed by atoms with E-state index < -0.39 is 12.1 Å². The van der Waals surface area contributed by atoms with Crippen molar-refractivity contribution in [3.63, 3.8) is 0 Å². The number of carbonyl (C=O) groups excluding carboxylic acids is 1. The first-order valence-electron chi connectivity index (χ1n) is 13.1. The van der Waals surface area contributed by atoms with Gasteiger partial charge in [-0.1, -0.05) is 39.5 Å². The molecule has 1 heterocycles. The predicted molar refractivity (Wildman–Crippen MR) is 140 cm³/mol. The summed E-state index contributed by atoms with van der Waals surface area (Å²) in [5.74, 6) is 1.18. The number of esters is 1. The standard InChI is InChI=1S/C28H38BrFN2O3/c1-3-5-7-8-21-17-31-27(32-18-21)22-12-15-26(24(29)16-22)34-19-20-10-13-23(14-11-20)35-28(33)25(30)9-6-4-2/h12,15-18,20,23,25H,3-11,13-14,19H2,1-2H3/t20?,23?,25-/m0/s1. The summed E-state index contributed by atoms with van der Waals surface area (Å²) in [4.78, 5) is 21.0. The van der Waals surface area contributed by atoms with Crippen LogP contribution in [-0.2, 0) is 16.0 Å². The zero-order valence-electron chi connectivity index (χ0n) is 21.0. The van der Waals surface area contributed by atoms with Gasteiger partial charge >= 0.3 is 5.97 Å². The van der Waals surface area contributed by atoms with Crippen LogP contribution in [0.15, 0.2) is 35.1 Å². The number of nitrogens with zero attached hydrogens (tertiary/aromatic N) is 2. The molecule has 0 saturated heterocycles. The molecule has 1 aromatic carbocycles. The zero-order chi connectivity index (χ0) is 25.0. The molecule has 0 N–H and O–H groups in total. The van der Waals surface area contributed by atoms with E-state index in [-0.39, 0.29) is 12.5 Å². The van der Waals surface area contributed by atoms with Crippen molar-refractivity contribution in [1.29, 1.82) is 0 Å². The van der Waals surface area contributed by atoms with E-state index in [2.05, 4.69) is 32.8 Å². The van der Waals surface area contributed by atoms with Gasteiger partial charge in [0.25, 0.3) is 0 Å². The lowest BCUT2D eigenvalue weighted by molar-refractivity contribution is -0.157. The van der Waals surface area contributed by atoms with Crippen molar-refractivity contribution in [1.82, 2.24) is 9.97 Å². The van der Waals surface area contributed by atoms with Crippen LogP contribution in [0.1, 0.15) is 83.6 Å². The first kappa shape index (κ1) is 27.6. The largest absolute Gasteiger partial charge is 0.492 e. The molecule has 0 amide bonds. The third-order valence-electron chi connectivity index (χ3n) is 6.58. The molecule has 0 spiro atoms. The number of hydrogen-bond acceptors (Lipinski definition) is 5. The van der Waals surface area contributed by atoms with E-state index in [4.69, 9.17) is 9.47 Å². The van der Waals surface area contributed by atoms with Crippen LogP contribution in [0.3, 0.4) is 0 Å². The van der Waals surface area contributed by atoms with Gasteiger partial charge < -0.3 is 9.47 Å². The summed E-state index contributed by atoms with van der Waals surface area (Å²) in [5.41, 5.74) is 2.11. The monoisotopic (exact) mass is 548 g/mol. The molecule has 1 aliphatic carbocycles. The summed E-state index contributed by atoms with van der Waals surface area (Å²) < 4.78 is 26.2. The Bertz CT molecular complexity index is 917. The van der Waals surface area contributed by atoms with Gasteiger partial charge in [0.15, 0.2) is 12.0 Å². The Morgan fingerprint density at radius 3 is 2.46 bits per heavy atom. The van der Waals surface area contributed by atoms with Gasteiger partial charge in [-0.3, -0.25) is 0 Å². The minimum absolute atomic E-state index is 0.178. The van der Waals surface area contributed by atoms with Crippen LogP contribution >= 0.6 is 15.9 Å². The minimum Gasteiger partial charge on any atom is -0.492 e. The second kappa shape index (κ2) is 14.5. The van der Waals surface area contributed by atoms with Crippen molar-refractivity contribution in [2.75, 3.05) is 6.61 Å². The number of aromatic nitrogens is 2. The molecular weight excluding hydrogens is 511 g/mol. The zero-order valence-corrected chi connectivity index (χ0v) is 22.6. The molecule has 3 rings (SSSR count). The van der Waals surface area contributed by atoms with Gasteiger partial charge in [0, 0.05) is 18.0 Å². The Kier molecular flexibility index (Phi) is 11.4. The van der Waals surface area contributed by atoms with Crippen LogP contribution in [0.4, 0.5) is 4.39 Å². The third kappa shape index (κ3) is 8.85. The van der Waals surface area contributed by atoms with Gasteiger partial charge in [-0.2, -0.15) is 0 Å². The molecule has 1 aromatic heterocycles. The maximum atomic E-state index is 13.9. The Hall–Kier alpha value is -2.02. The topological polar surface area (TPSA) is 61.3 Å². The van der Waals surface area contributed by atoms with Gasteiger partial charge in [-0.15, -0.1) is 0 Å². The molecule has 0 bridgehead atoms. The number of carbonyl (C=O) groups is 1. The maximum absolute atomic E-state index is 13.9.